The van der Waals surface area contributed by atoms with E-state index in [2.05, 4.69) is 73.4 Å². The summed E-state index contributed by atoms with van der Waals surface area (Å²) < 4.78 is 26.4. The number of H-pyrrole nitrogens is 1. The van der Waals surface area contributed by atoms with Gasteiger partial charge in [-0.25, -0.2) is 33.2 Å². The number of nitrogens with one attached hydrogen (secondary N) is 1. The lowest BCUT2D eigenvalue weighted by molar-refractivity contribution is -0.107. The SMILES string of the molecule is C=CCON1C(=O)N2CC(I)=CC1C2.C=CCON1C(=O)N2CC(n3cc(OC)cn3)=CC1C2.COc1cn[nH]c1.COc1cnn(C2=CC3CN(C2)C(=O)N3C)c1.COc1cnn(C2=CC3CN(C2)C(=O)N3O)c1. The molecule has 8 aliphatic heterocycles. The van der Waals surface area contributed by atoms with Crippen molar-refractivity contribution < 1.29 is 53.0 Å². The van der Waals surface area contributed by atoms with E-state index in [1.165, 1.54) is 13.7 Å². The van der Waals surface area contributed by atoms with Gasteiger partial charge < -0.3 is 43.4 Å². The first-order valence-electron chi connectivity index (χ1n) is 23.5. The lowest BCUT2D eigenvalue weighted by Gasteiger charge is -2.21. The topological polar surface area (TPSA) is 252 Å². The fraction of sp³-hybridized carbons (Fsp3) is 0.404. The predicted molar refractivity (Wildman–Crippen MR) is 277 cm³/mol. The van der Waals surface area contributed by atoms with Crippen LogP contribution in [0.4, 0.5) is 19.2 Å². The first-order chi connectivity index (χ1) is 36.2. The van der Waals surface area contributed by atoms with Crippen molar-refractivity contribution in [3.05, 3.63) is 103 Å². The number of likely N-dealkylation sites (N-methyl/N-ethyl adjacent to an activating group) is 1. The van der Waals surface area contributed by atoms with Gasteiger partial charge in [0, 0.05) is 36.8 Å². The minimum absolute atomic E-state index is 0.0419. The number of hydrogen-bond donors (Lipinski definition) is 2. The molecule has 0 aromatic carbocycles. The number of rotatable bonds is 13. The third kappa shape index (κ3) is 12.1. The first-order valence-corrected chi connectivity index (χ1v) is 24.5. The summed E-state index contributed by atoms with van der Waals surface area (Å²) in [5.41, 5.74) is 2.80. The molecule has 75 heavy (non-hydrogen) atoms. The highest BCUT2D eigenvalue weighted by Crippen LogP contribution is 2.30. The Labute approximate surface area is 445 Å². The van der Waals surface area contributed by atoms with E-state index in [1.54, 1.807) is 118 Å². The molecule has 4 aromatic rings. The van der Waals surface area contributed by atoms with Crippen molar-refractivity contribution in [3.8, 4) is 23.0 Å². The van der Waals surface area contributed by atoms with Crippen molar-refractivity contribution in [1.29, 1.82) is 0 Å². The Bertz CT molecular complexity index is 2730. The van der Waals surface area contributed by atoms with Crippen LogP contribution in [0.5, 0.6) is 23.0 Å². The van der Waals surface area contributed by atoms with Crippen molar-refractivity contribution in [2.45, 2.75) is 24.2 Å². The number of ether oxygens (including phenoxy) is 4. The Morgan fingerprint density at radius 1 is 0.587 bits per heavy atom. The van der Waals surface area contributed by atoms with Gasteiger partial charge in [0.15, 0.2) is 23.0 Å². The van der Waals surface area contributed by atoms with Crippen LogP contribution >= 0.6 is 22.6 Å². The highest BCUT2D eigenvalue weighted by atomic mass is 127. The van der Waals surface area contributed by atoms with Gasteiger partial charge in [-0.15, -0.1) is 13.2 Å². The van der Waals surface area contributed by atoms with Crippen LogP contribution < -0.4 is 18.9 Å². The van der Waals surface area contributed by atoms with Gasteiger partial charge in [0.05, 0.1) is 159 Å². The van der Waals surface area contributed by atoms with E-state index in [-0.39, 0.29) is 48.3 Å². The Balaban J connectivity index is 0.000000128. The number of nitrogens with zero attached hydrogens (tertiary/aromatic N) is 15. The number of fused-ring (bicyclic) bond motifs is 8. The lowest BCUT2D eigenvalue weighted by Crippen LogP contribution is -2.33. The fourth-order valence-corrected chi connectivity index (χ4v) is 9.59. The van der Waals surface area contributed by atoms with Gasteiger partial charge in [-0.05, 0) is 46.9 Å². The third-order valence-electron chi connectivity index (χ3n) is 12.6. The van der Waals surface area contributed by atoms with Crippen LogP contribution in [0.1, 0.15) is 0 Å². The number of aromatic nitrogens is 8. The molecular formula is C47H59IN16O11. The molecule has 4 fully saturated rings. The molecule has 12 rings (SSSR count). The van der Waals surface area contributed by atoms with Crippen LogP contribution in [-0.2, 0) is 9.68 Å². The lowest BCUT2D eigenvalue weighted by atomic mass is 10.2. The Morgan fingerprint density at radius 3 is 1.41 bits per heavy atom. The second-order valence-electron chi connectivity index (χ2n) is 17.4. The molecule has 8 amide bonds. The first kappa shape index (κ1) is 53.5. The molecule has 4 unspecified atom stereocenters. The number of aromatic amines is 1. The van der Waals surface area contributed by atoms with E-state index in [4.69, 9.17) is 28.6 Å². The molecule has 4 aromatic heterocycles. The molecule has 8 aliphatic rings. The molecule has 27 nitrogen and oxygen atoms in total. The number of carbonyl (C=O) groups is 4. The van der Waals surface area contributed by atoms with Gasteiger partial charge in [-0.1, -0.05) is 12.2 Å². The molecule has 400 valence electrons. The highest BCUT2D eigenvalue weighted by molar-refractivity contribution is 14.1. The van der Waals surface area contributed by atoms with E-state index in [9.17, 15) is 24.4 Å². The molecule has 4 saturated heterocycles. The molecule has 0 aliphatic carbocycles. The zero-order chi connectivity index (χ0) is 53.3. The number of hydrogen-bond acceptors (Lipinski definition) is 15. The summed E-state index contributed by atoms with van der Waals surface area (Å²) >= 11 is 2.25. The summed E-state index contributed by atoms with van der Waals surface area (Å²) in [6.45, 7) is 12.8. The van der Waals surface area contributed by atoms with E-state index < -0.39 is 0 Å². The predicted octanol–water partition coefficient (Wildman–Crippen LogP) is 3.65. The molecule has 4 atom stereocenters. The molecule has 8 bridgehead atoms. The van der Waals surface area contributed by atoms with Crippen LogP contribution in [0.15, 0.2) is 103 Å². The largest absolute Gasteiger partial charge is 0.493 e. The van der Waals surface area contributed by atoms with Crippen molar-refractivity contribution in [2.24, 2.45) is 0 Å². The maximum atomic E-state index is 12.1. The molecule has 0 radical (unpaired) electrons. The van der Waals surface area contributed by atoms with E-state index >= 15 is 0 Å². The number of hydroxylamine groups is 6. The molecule has 12 heterocycles. The van der Waals surface area contributed by atoms with Crippen molar-refractivity contribution in [3.63, 3.8) is 0 Å². The summed E-state index contributed by atoms with van der Waals surface area (Å²) in [7, 11) is 8.21. The summed E-state index contributed by atoms with van der Waals surface area (Å²) in [5, 5.41) is 32.0. The highest BCUT2D eigenvalue weighted by Gasteiger charge is 2.43. The van der Waals surface area contributed by atoms with Gasteiger partial charge in [0.2, 0.25) is 0 Å². The van der Waals surface area contributed by atoms with Crippen LogP contribution in [0, 0.1) is 0 Å². The Morgan fingerprint density at radius 2 is 1.00 bits per heavy atom. The number of carbonyl (C=O) groups excluding carboxylic acids is 4. The van der Waals surface area contributed by atoms with Crippen molar-refractivity contribution >= 4 is 63.8 Å². The van der Waals surface area contributed by atoms with Crippen LogP contribution in [0.3, 0.4) is 0 Å². The number of methoxy groups -OCH3 is 4. The normalized spacial score (nSPS) is 21.6. The molecule has 0 saturated carbocycles. The van der Waals surface area contributed by atoms with Gasteiger partial charge in [0.25, 0.3) is 0 Å². The average molecular weight is 1150 g/mol. The number of amides is 8. The maximum absolute atomic E-state index is 12.1. The minimum atomic E-state index is -0.361. The van der Waals surface area contributed by atoms with Crippen molar-refractivity contribution in [1.82, 2.24) is 79.2 Å². The van der Waals surface area contributed by atoms with Gasteiger partial charge >= 0.3 is 24.1 Å². The zero-order valence-corrected chi connectivity index (χ0v) is 44.2. The Kier molecular flexibility index (Phi) is 17.1. The third-order valence-corrected chi connectivity index (χ3v) is 13.3. The second-order valence-corrected chi connectivity index (χ2v) is 18.8. The summed E-state index contributed by atoms with van der Waals surface area (Å²) in [6.07, 6.45) is 24.8. The van der Waals surface area contributed by atoms with Crippen LogP contribution in [0.2, 0.25) is 0 Å². The summed E-state index contributed by atoms with van der Waals surface area (Å²) in [5.74, 6) is 2.83. The zero-order valence-electron chi connectivity index (χ0n) is 42.0. The minimum Gasteiger partial charge on any atom is -0.493 e. The van der Waals surface area contributed by atoms with Crippen molar-refractivity contribution in [2.75, 3.05) is 101 Å². The molecular weight excluding hydrogens is 1090 g/mol. The van der Waals surface area contributed by atoms with Crippen LogP contribution in [0.25, 0.3) is 17.1 Å². The smallest absolute Gasteiger partial charge is 0.345 e. The standard InChI is InChI=1S/C13H16N4O3.C11H14N4O2.C10H12N4O3.C9H11IN2O2.C4H6N2O/c1-3-4-20-17-11-5-10(7-15(8-11)13(17)18)16-9-12(19-2)6-14-16;1-13-8-3-9(6-14(5-8)11(13)16)15-7-10(17-2)4-12-15;1-17-9-3-11-13(6-9)7-2-8-5-12(4-7)10(15)14(8)16;1-2-3-14-12-8-4-7(10)5-11(6-8)9(12)13;1-7-4-2-5-6-3-4/h3,5-6,9,11H,1,4,7-8H2,2H3;3-4,7-8H,5-6H2,1-2H3;2-3,6,8,16H,4-5H2,1H3;2,4,8H,1,3,5-6H2;2-3H,1H3,(H,5,6). The van der Waals surface area contributed by atoms with Gasteiger partial charge in [-0.2, -0.15) is 35.6 Å². The molecule has 28 heteroatoms. The molecule has 2 N–H and O–H groups in total. The Hall–Kier alpha value is -7.83. The summed E-state index contributed by atoms with van der Waals surface area (Å²) in [6, 6.07) is -0.602. The van der Waals surface area contributed by atoms with E-state index in [1.807, 2.05) is 30.3 Å². The van der Waals surface area contributed by atoms with Gasteiger partial charge in [0.1, 0.15) is 0 Å². The van der Waals surface area contributed by atoms with Gasteiger partial charge in [-0.3, -0.25) is 20.0 Å². The fourth-order valence-electron chi connectivity index (χ4n) is 8.76. The molecule has 0 spiro atoms. The summed E-state index contributed by atoms with van der Waals surface area (Å²) in [4.78, 5) is 66.6. The average Bonchev–Trinajstić information content (AvgIpc) is 4.34. The van der Waals surface area contributed by atoms with E-state index in [0.717, 1.165) is 46.7 Å². The monoisotopic (exact) mass is 1150 g/mol. The number of urea groups is 4. The quantitative estimate of drug-likeness (QED) is 0.110. The maximum Gasteiger partial charge on any atom is 0.345 e. The van der Waals surface area contributed by atoms with Crippen LogP contribution in [-0.4, -0.2) is 234 Å². The van der Waals surface area contributed by atoms with E-state index in [0.29, 0.717) is 64.0 Å². The number of halogens is 1. The second kappa shape index (κ2) is 24.0.